The third kappa shape index (κ3) is 5.07. The SMILES string of the molecule is CCOc1ccccc1-c1noc(CSc2nnc(-c3ccncc3)n2CC(F)(F)F)n1. The van der Waals surface area contributed by atoms with E-state index in [4.69, 9.17) is 9.26 Å². The highest BCUT2D eigenvalue weighted by molar-refractivity contribution is 7.98. The van der Waals surface area contributed by atoms with Crippen molar-refractivity contribution in [1.82, 2.24) is 29.9 Å². The van der Waals surface area contributed by atoms with Gasteiger partial charge in [-0.05, 0) is 31.2 Å². The lowest BCUT2D eigenvalue weighted by atomic mass is 10.2. The maximum atomic E-state index is 13.2. The number of pyridine rings is 1. The highest BCUT2D eigenvalue weighted by atomic mass is 32.2. The summed E-state index contributed by atoms with van der Waals surface area (Å²) in [5, 5.41) is 11.9. The van der Waals surface area contributed by atoms with E-state index in [2.05, 4.69) is 25.3 Å². The van der Waals surface area contributed by atoms with Crippen LogP contribution < -0.4 is 4.74 Å². The highest BCUT2D eigenvalue weighted by Crippen LogP contribution is 2.31. The van der Waals surface area contributed by atoms with Gasteiger partial charge in [-0.1, -0.05) is 29.1 Å². The summed E-state index contributed by atoms with van der Waals surface area (Å²) in [6.07, 6.45) is -1.48. The number of halogens is 3. The van der Waals surface area contributed by atoms with Gasteiger partial charge in [-0.3, -0.25) is 9.55 Å². The van der Waals surface area contributed by atoms with Gasteiger partial charge in [0, 0.05) is 18.0 Å². The lowest BCUT2D eigenvalue weighted by molar-refractivity contribution is -0.141. The van der Waals surface area contributed by atoms with Crippen LogP contribution in [0, 0.1) is 0 Å². The first-order chi connectivity index (χ1) is 15.4. The summed E-state index contributed by atoms with van der Waals surface area (Å²) in [4.78, 5) is 8.22. The maximum absolute atomic E-state index is 13.2. The van der Waals surface area contributed by atoms with Crippen LogP contribution in [0.15, 0.2) is 58.5 Å². The molecule has 1 aromatic carbocycles. The molecular formula is C20H17F3N6O2S. The molecule has 0 radical (unpaired) electrons. The first-order valence-corrected chi connectivity index (χ1v) is 10.5. The van der Waals surface area contributed by atoms with Crippen LogP contribution in [0.2, 0.25) is 0 Å². The van der Waals surface area contributed by atoms with Crippen molar-refractivity contribution >= 4 is 11.8 Å². The minimum atomic E-state index is -4.44. The van der Waals surface area contributed by atoms with Gasteiger partial charge in [-0.15, -0.1) is 10.2 Å². The van der Waals surface area contributed by atoms with Crippen LogP contribution >= 0.6 is 11.8 Å². The monoisotopic (exact) mass is 462 g/mol. The van der Waals surface area contributed by atoms with Crippen molar-refractivity contribution in [1.29, 1.82) is 0 Å². The van der Waals surface area contributed by atoms with E-state index in [1.165, 1.54) is 12.4 Å². The van der Waals surface area contributed by atoms with E-state index in [0.717, 1.165) is 16.3 Å². The van der Waals surface area contributed by atoms with E-state index in [1.807, 2.05) is 19.1 Å². The number of para-hydroxylation sites is 1. The van der Waals surface area contributed by atoms with Gasteiger partial charge in [-0.25, -0.2) is 0 Å². The Bertz CT molecular complexity index is 1180. The number of nitrogens with zero attached hydrogens (tertiary/aromatic N) is 6. The van der Waals surface area contributed by atoms with Gasteiger partial charge in [0.1, 0.15) is 12.3 Å². The van der Waals surface area contributed by atoms with Crippen LogP contribution in [0.5, 0.6) is 5.75 Å². The fourth-order valence-corrected chi connectivity index (χ4v) is 3.69. The van der Waals surface area contributed by atoms with Crippen molar-refractivity contribution < 1.29 is 22.4 Å². The van der Waals surface area contributed by atoms with Crippen LogP contribution in [0.3, 0.4) is 0 Å². The average molecular weight is 462 g/mol. The molecule has 0 amide bonds. The van der Waals surface area contributed by atoms with E-state index >= 15 is 0 Å². The molecule has 0 spiro atoms. The second kappa shape index (κ2) is 9.39. The van der Waals surface area contributed by atoms with Crippen molar-refractivity contribution in [3.05, 3.63) is 54.7 Å². The molecule has 0 aliphatic carbocycles. The molecule has 4 aromatic rings. The Kier molecular flexibility index (Phi) is 6.40. The molecule has 0 saturated heterocycles. The fourth-order valence-electron chi connectivity index (χ4n) is 2.91. The molecule has 0 N–H and O–H groups in total. The summed E-state index contributed by atoms with van der Waals surface area (Å²) in [6, 6.07) is 10.4. The van der Waals surface area contributed by atoms with Gasteiger partial charge < -0.3 is 9.26 Å². The van der Waals surface area contributed by atoms with Crippen LogP contribution in [0.1, 0.15) is 12.8 Å². The Balaban J connectivity index is 1.55. The Morgan fingerprint density at radius 1 is 1.09 bits per heavy atom. The predicted octanol–water partition coefficient (Wildman–Crippen LogP) is 4.64. The van der Waals surface area contributed by atoms with Crippen LogP contribution in [0.4, 0.5) is 13.2 Å². The van der Waals surface area contributed by atoms with E-state index in [9.17, 15) is 13.2 Å². The van der Waals surface area contributed by atoms with Crippen molar-refractivity contribution in [3.63, 3.8) is 0 Å². The van der Waals surface area contributed by atoms with Crippen molar-refractivity contribution in [3.8, 4) is 28.5 Å². The number of ether oxygens (including phenoxy) is 1. The second-order valence-electron chi connectivity index (χ2n) is 6.47. The van der Waals surface area contributed by atoms with E-state index < -0.39 is 12.7 Å². The van der Waals surface area contributed by atoms with Crippen LogP contribution in [-0.4, -0.2) is 42.7 Å². The Morgan fingerprint density at radius 3 is 2.62 bits per heavy atom. The van der Waals surface area contributed by atoms with E-state index in [0.29, 0.717) is 29.3 Å². The lowest BCUT2D eigenvalue weighted by Gasteiger charge is -2.12. The van der Waals surface area contributed by atoms with Crippen LogP contribution in [-0.2, 0) is 12.3 Å². The number of aromatic nitrogens is 6. The molecule has 4 rings (SSSR count). The van der Waals surface area contributed by atoms with Gasteiger partial charge in [0.25, 0.3) is 0 Å². The predicted molar refractivity (Wildman–Crippen MR) is 110 cm³/mol. The molecule has 0 bridgehead atoms. The summed E-state index contributed by atoms with van der Waals surface area (Å²) < 4.78 is 51.5. The third-order valence-corrected chi connectivity index (χ3v) is 5.16. The summed E-state index contributed by atoms with van der Waals surface area (Å²) in [6.45, 7) is 1.12. The van der Waals surface area contributed by atoms with Crippen molar-refractivity contribution in [2.24, 2.45) is 0 Å². The Morgan fingerprint density at radius 2 is 1.88 bits per heavy atom. The molecular weight excluding hydrogens is 445 g/mol. The summed E-state index contributed by atoms with van der Waals surface area (Å²) >= 11 is 1.03. The van der Waals surface area contributed by atoms with Gasteiger partial charge >= 0.3 is 6.18 Å². The van der Waals surface area contributed by atoms with Crippen LogP contribution in [0.25, 0.3) is 22.8 Å². The number of thioether (sulfide) groups is 1. The molecule has 0 atom stereocenters. The zero-order valence-corrected chi connectivity index (χ0v) is 17.6. The summed E-state index contributed by atoms with van der Waals surface area (Å²) in [7, 11) is 0. The topological polar surface area (TPSA) is 91.8 Å². The number of benzene rings is 1. The van der Waals surface area contributed by atoms with Gasteiger partial charge in [0.15, 0.2) is 11.0 Å². The minimum Gasteiger partial charge on any atom is -0.493 e. The summed E-state index contributed by atoms with van der Waals surface area (Å²) in [5.41, 5.74) is 1.14. The highest BCUT2D eigenvalue weighted by Gasteiger charge is 2.31. The van der Waals surface area contributed by atoms with E-state index in [-0.39, 0.29) is 22.6 Å². The normalized spacial score (nSPS) is 11.6. The molecule has 3 heterocycles. The molecule has 0 saturated carbocycles. The molecule has 12 heteroatoms. The number of rotatable bonds is 8. The fraction of sp³-hybridized carbons (Fsp3) is 0.250. The van der Waals surface area contributed by atoms with E-state index in [1.54, 1.807) is 24.3 Å². The Hall–Kier alpha value is -3.41. The largest absolute Gasteiger partial charge is 0.493 e. The Labute approximate surface area is 184 Å². The van der Waals surface area contributed by atoms with Gasteiger partial charge in [-0.2, -0.15) is 18.2 Å². The molecule has 32 heavy (non-hydrogen) atoms. The minimum absolute atomic E-state index is 0.0867. The second-order valence-corrected chi connectivity index (χ2v) is 7.42. The molecule has 0 unspecified atom stereocenters. The standard InChI is InChI=1S/C20H17F3N6O2S/c1-2-30-15-6-4-3-5-14(15)17-25-16(31-28-17)11-32-19-27-26-18(13-7-9-24-10-8-13)29(19)12-20(21,22)23/h3-10H,2,11-12H2,1H3. The average Bonchev–Trinajstić information content (AvgIpc) is 3.39. The molecule has 0 fully saturated rings. The quantitative estimate of drug-likeness (QED) is 0.350. The van der Waals surface area contributed by atoms with Gasteiger partial charge in [0.2, 0.25) is 11.7 Å². The number of hydrogen-bond acceptors (Lipinski definition) is 8. The molecule has 3 aromatic heterocycles. The molecule has 0 aliphatic heterocycles. The van der Waals surface area contributed by atoms with Crippen molar-refractivity contribution in [2.45, 2.75) is 30.6 Å². The number of hydrogen-bond donors (Lipinski definition) is 0. The molecule has 8 nitrogen and oxygen atoms in total. The maximum Gasteiger partial charge on any atom is 0.406 e. The van der Waals surface area contributed by atoms with Crippen molar-refractivity contribution in [2.75, 3.05) is 6.61 Å². The lowest BCUT2D eigenvalue weighted by Crippen LogP contribution is -2.19. The molecule has 166 valence electrons. The smallest absolute Gasteiger partial charge is 0.406 e. The zero-order chi connectivity index (χ0) is 22.6. The first kappa shape index (κ1) is 21.8. The third-order valence-electron chi connectivity index (χ3n) is 4.21. The van der Waals surface area contributed by atoms with Gasteiger partial charge in [0.05, 0.1) is 17.9 Å². The number of alkyl halides is 3. The summed E-state index contributed by atoms with van der Waals surface area (Å²) in [5.74, 6) is 1.41. The zero-order valence-electron chi connectivity index (χ0n) is 16.8. The first-order valence-electron chi connectivity index (χ1n) is 9.52. The molecule has 0 aliphatic rings.